The maximum Gasteiger partial charge on any atom is 0.168 e. The molecule has 0 fully saturated rings. The lowest BCUT2D eigenvalue weighted by Gasteiger charge is -2.05. The highest BCUT2D eigenvalue weighted by molar-refractivity contribution is 5.33. The third-order valence-corrected chi connectivity index (χ3v) is 1.51. The van der Waals surface area contributed by atoms with Gasteiger partial charge in [-0.25, -0.2) is 8.78 Å². The lowest BCUT2D eigenvalue weighted by Crippen LogP contribution is -2.11. The van der Waals surface area contributed by atoms with Gasteiger partial charge in [0.05, 0.1) is 7.11 Å². The molecule has 0 amide bonds. The molecule has 0 aliphatic heterocycles. The Bertz CT molecular complexity index is 304. The first kappa shape index (κ1) is 9.88. The van der Waals surface area contributed by atoms with Crippen molar-refractivity contribution < 1.29 is 18.7 Å². The van der Waals surface area contributed by atoms with Crippen LogP contribution in [-0.4, -0.2) is 12.2 Å². The van der Waals surface area contributed by atoms with E-state index in [1.165, 1.54) is 7.11 Å². The van der Waals surface area contributed by atoms with Crippen molar-refractivity contribution in [1.82, 2.24) is 5.48 Å². The van der Waals surface area contributed by atoms with E-state index in [2.05, 4.69) is 10.3 Å². The summed E-state index contributed by atoms with van der Waals surface area (Å²) in [6.45, 7) is 0.0387. The predicted molar refractivity (Wildman–Crippen MR) is 41.9 cm³/mol. The highest BCUT2D eigenvalue weighted by Gasteiger charge is 2.09. The minimum absolute atomic E-state index is 0.0387. The van der Waals surface area contributed by atoms with Crippen LogP contribution in [-0.2, 0) is 11.4 Å². The number of phenolic OH excluding ortho intramolecular Hbond substituents is 1. The highest BCUT2D eigenvalue weighted by atomic mass is 19.1. The van der Waals surface area contributed by atoms with E-state index in [1.54, 1.807) is 0 Å². The van der Waals surface area contributed by atoms with E-state index in [0.717, 1.165) is 6.07 Å². The molecule has 13 heavy (non-hydrogen) atoms. The van der Waals surface area contributed by atoms with Crippen molar-refractivity contribution >= 4 is 0 Å². The molecule has 1 aromatic carbocycles. The van der Waals surface area contributed by atoms with Crippen molar-refractivity contribution in [1.29, 1.82) is 0 Å². The van der Waals surface area contributed by atoms with Crippen molar-refractivity contribution in [2.45, 2.75) is 6.54 Å². The number of nitrogens with one attached hydrogen (secondary N) is 1. The van der Waals surface area contributed by atoms with Gasteiger partial charge in [0.2, 0.25) is 0 Å². The third kappa shape index (κ3) is 2.37. The quantitative estimate of drug-likeness (QED) is 0.704. The molecule has 0 aliphatic carbocycles. The van der Waals surface area contributed by atoms with Gasteiger partial charge in [-0.3, -0.25) is 0 Å². The van der Waals surface area contributed by atoms with Crippen LogP contribution >= 0.6 is 0 Å². The Labute approximate surface area is 73.9 Å². The molecule has 0 aliphatic rings. The molecule has 0 heterocycles. The Kier molecular flexibility index (Phi) is 3.16. The van der Waals surface area contributed by atoms with Crippen LogP contribution in [0.5, 0.6) is 5.75 Å². The van der Waals surface area contributed by atoms with Crippen molar-refractivity contribution in [2.24, 2.45) is 0 Å². The fourth-order valence-corrected chi connectivity index (χ4v) is 0.904. The number of aromatic hydroxyl groups is 1. The van der Waals surface area contributed by atoms with Gasteiger partial charge in [-0.2, -0.15) is 5.48 Å². The lowest BCUT2D eigenvalue weighted by atomic mass is 10.2. The van der Waals surface area contributed by atoms with Crippen LogP contribution in [0.2, 0.25) is 0 Å². The molecule has 2 N–H and O–H groups in total. The van der Waals surface area contributed by atoms with Crippen LogP contribution in [0.25, 0.3) is 0 Å². The van der Waals surface area contributed by atoms with Gasteiger partial charge in [0.25, 0.3) is 0 Å². The summed E-state index contributed by atoms with van der Waals surface area (Å²) in [5.41, 5.74) is 2.48. The molecule has 0 bridgehead atoms. The normalized spacial score (nSPS) is 10.4. The summed E-state index contributed by atoms with van der Waals surface area (Å²) >= 11 is 0. The van der Waals surface area contributed by atoms with E-state index in [1.807, 2.05) is 0 Å². The Morgan fingerprint density at radius 1 is 1.46 bits per heavy atom. The van der Waals surface area contributed by atoms with E-state index in [0.29, 0.717) is 6.07 Å². The van der Waals surface area contributed by atoms with Crippen LogP contribution in [0.4, 0.5) is 8.78 Å². The first-order valence-corrected chi connectivity index (χ1v) is 3.58. The zero-order valence-electron chi connectivity index (χ0n) is 6.97. The van der Waals surface area contributed by atoms with Crippen LogP contribution in [0.15, 0.2) is 12.1 Å². The van der Waals surface area contributed by atoms with E-state index in [-0.39, 0.29) is 12.1 Å². The van der Waals surface area contributed by atoms with Gasteiger partial charge in [-0.05, 0) is 6.07 Å². The topological polar surface area (TPSA) is 41.5 Å². The molecule has 1 aromatic rings. The molecule has 72 valence electrons. The van der Waals surface area contributed by atoms with E-state index in [9.17, 15) is 8.78 Å². The Morgan fingerprint density at radius 2 is 2.15 bits per heavy atom. The Balaban J connectivity index is 2.92. The van der Waals surface area contributed by atoms with Crippen molar-refractivity contribution in [3.8, 4) is 5.75 Å². The summed E-state index contributed by atoms with van der Waals surface area (Å²) in [5.74, 6) is -2.28. The molecule has 0 atom stereocenters. The maximum atomic E-state index is 12.7. The molecule has 0 spiro atoms. The summed E-state index contributed by atoms with van der Waals surface area (Å²) < 4.78 is 25.3. The highest BCUT2D eigenvalue weighted by Crippen LogP contribution is 2.22. The average Bonchev–Trinajstić information content (AvgIpc) is 2.09. The largest absolute Gasteiger partial charge is 0.505 e. The molecule has 0 saturated carbocycles. The SMILES string of the molecule is CONCc1cc(F)cc(F)c1O. The average molecular weight is 189 g/mol. The maximum absolute atomic E-state index is 12.7. The molecule has 0 radical (unpaired) electrons. The first-order valence-electron chi connectivity index (χ1n) is 3.58. The second kappa shape index (κ2) is 4.15. The van der Waals surface area contributed by atoms with Crippen LogP contribution in [0.1, 0.15) is 5.56 Å². The van der Waals surface area contributed by atoms with Crippen LogP contribution in [0.3, 0.4) is 0 Å². The fraction of sp³-hybridized carbons (Fsp3) is 0.250. The molecular formula is C8H9F2NO2. The van der Waals surface area contributed by atoms with Crippen LogP contribution < -0.4 is 5.48 Å². The Morgan fingerprint density at radius 3 is 2.77 bits per heavy atom. The summed E-state index contributed by atoms with van der Waals surface area (Å²) in [7, 11) is 1.37. The minimum atomic E-state index is -0.979. The van der Waals surface area contributed by atoms with Gasteiger partial charge in [-0.1, -0.05) is 0 Å². The first-order chi connectivity index (χ1) is 6.15. The number of hydrogen-bond donors (Lipinski definition) is 2. The molecule has 0 saturated heterocycles. The van der Waals surface area contributed by atoms with Gasteiger partial charge in [0.15, 0.2) is 11.6 Å². The lowest BCUT2D eigenvalue weighted by molar-refractivity contribution is 0.0859. The van der Waals surface area contributed by atoms with Crippen molar-refractivity contribution in [3.05, 3.63) is 29.3 Å². The standard InChI is InChI=1S/C8H9F2NO2/c1-13-11-4-5-2-6(9)3-7(10)8(5)12/h2-3,11-12H,4H2,1H3. The number of halogens is 2. The second-order valence-electron chi connectivity index (χ2n) is 2.42. The monoisotopic (exact) mass is 189 g/mol. The van der Waals surface area contributed by atoms with Gasteiger partial charge in [-0.15, -0.1) is 0 Å². The number of rotatable bonds is 3. The summed E-state index contributed by atoms with van der Waals surface area (Å²) in [6, 6.07) is 1.65. The molecule has 0 aromatic heterocycles. The van der Waals surface area contributed by atoms with E-state index < -0.39 is 17.4 Å². The van der Waals surface area contributed by atoms with Gasteiger partial charge < -0.3 is 9.94 Å². The zero-order chi connectivity index (χ0) is 9.84. The molecule has 1 rings (SSSR count). The second-order valence-corrected chi connectivity index (χ2v) is 2.42. The predicted octanol–water partition coefficient (Wildman–Crippen LogP) is 1.32. The number of hydroxylamine groups is 1. The van der Waals surface area contributed by atoms with Crippen LogP contribution in [0, 0.1) is 11.6 Å². The van der Waals surface area contributed by atoms with Gasteiger partial charge in [0, 0.05) is 18.2 Å². The number of hydrogen-bond acceptors (Lipinski definition) is 3. The smallest absolute Gasteiger partial charge is 0.168 e. The molecule has 5 heteroatoms. The minimum Gasteiger partial charge on any atom is -0.505 e. The van der Waals surface area contributed by atoms with Gasteiger partial charge in [0.1, 0.15) is 5.82 Å². The fourth-order valence-electron chi connectivity index (χ4n) is 0.904. The van der Waals surface area contributed by atoms with E-state index in [4.69, 9.17) is 5.11 Å². The molecule has 0 unspecified atom stereocenters. The van der Waals surface area contributed by atoms with Gasteiger partial charge >= 0.3 is 0 Å². The number of benzene rings is 1. The summed E-state index contributed by atoms with van der Waals surface area (Å²) in [5, 5.41) is 9.11. The zero-order valence-corrected chi connectivity index (χ0v) is 6.97. The molecule has 3 nitrogen and oxygen atoms in total. The Hall–Kier alpha value is -1.20. The third-order valence-electron chi connectivity index (χ3n) is 1.51. The summed E-state index contributed by atoms with van der Waals surface area (Å²) in [4.78, 5) is 4.47. The summed E-state index contributed by atoms with van der Waals surface area (Å²) in [6.07, 6.45) is 0. The number of phenols is 1. The van der Waals surface area contributed by atoms with E-state index >= 15 is 0 Å². The van der Waals surface area contributed by atoms with Crippen molar-refractivity contribution in [2.75, 3.05) is 7.11 Å². The molecular weight excluding hydrogens is 180 g/mol. The van der Waals surface area contributed by atoms with Crippen molar-refractivity contribution in [3.63, 3.8) is 0 Å².